The molecule has 3 rings (SSSR count). The molecule has 0 aliphatic carbocycles. The number of aliphatic carboxylic acids is 1. The molecule has 3 aromatic rings. The van der Waals surface area contributed by atoms with Crippen molar-refractivity contribution >= 4 is 34.6 Å². The Bertz CT molecular complexity index is 1320. The Morgan fingerprint density at radius 1 is 0.952 bits per heavy atom. The Kier molecular flexibility index (Phi) is 12.1. The molecule has 13 heteroatoms. The summed E-state index contributed by atoms with van der Waals surface area (Å²) < 4.78 is 0. The lowest BCUT2D eigenvalue weighted by molar-refractivity contribution is -0.142. The SMILES string of the molecule is CCC(C)C(N)C(=O)NC(Cc1cnc[nH]1)C(=O)NC(CCCCN)C(=O)NC(Cc1c[nH]c2ccccc12)C(=O)O. The molecule has 10 N–H and O–H groups in total. The smallest absolute Gasteiger partial charge is 0.326 e. The number of nitrogens with zero attached hydrogens (tertiary/aromatic N) is 1. The number of carbonyl (C=O) groups is 4. The topological polar surface area (TPSA) is 221 Å². The van der Waals surface area contributed by atoms with Crippen LogP contribution in [-0.2, 0) is 32.0 Å². The standard InChI is InChI=1S/C29H42N8O5/c1-3-17(2)25(31)28(40)36-23(13-19-15-32-16-34-19)27(39)35-22(10-6-7-11-30)26(38)37-24(29(41)42)12-18-14-33-21-9-5-4-8-20(18)21/h4-5,8-9,14-17,22-25,33H,3,6-7,10-13,30-31H2,1-2H3,(H,32,34)(H,35,39)(H,36,40)(H,37,38)(H,41,42). The number of hydrogen-bond donors (Lipinski definition) is 8. The number of unbranched alkanes of at least 4 members (excludes halogenated alkanes) is 1. The molecule has 2 heterocycles. The fourth-order valence-electron chi connectivity index (χ4n) is 4.63. The highest BCUT2D eigenvalue weighted by Crippen LogP contribution is 2.19. The largest absolute Gasteiger partial charge is 0.480 e. The number of carboxylic acid groups (broad SMARTS) is 1. The van der Waals surface area contributed by atoms with Gasteiger partial charge in [-0.1, -0.05) is 38.5 Å². The lowest BCUT2D eigenvalue weighted by Crippen LogP contribution is -2.58. The summed E-state index contributed by atoms with van der Waals surface area (Å²) in [5, 5.41) is 18.8. The van der Waals surface area contributed by atoms with E-state index in [0.717, 1.165) is 16.5 Å². The van der Waals surface area contributed by atoms with Crippen LogP contribution in [0.3, 0.4) is 0 Å². The van der Waals surface area contributed by atoms with Crippen LogP contribution < -0.4 is 27.4 Å². The maximum absolute atomic E-state index is 13.5. The maximum atomic E-state index is 13.5. The minimum atomic E-state index is -1.24. The van der Waals surface area contributed by atoms with Crippen LogP contribution in [0.2, 0.25) is 0 Å². The zero-order chi connectivity index (χ0) is 30.6. The van der Waals surface area contributed by atoms with Crippen molar-refractivity contribution in [3.05, 3.63) is 54.2 Å². The highest BCUT2D eigenvalue weighted by Gasteiger charge is 2.31. The molecule has 13 nitrogen and oxygen atoms in total. The lowest BCUT2D eigenvalue weighted by Gasteiger charge is -2.26. The molecule has 0 aliphatic heterocycles. The van der Waals surface area contributed by atoms with E-state index in [1.54, 1.807) is 6.20 Å². The molecule has 1 aromatic carbocycles. The Hall–Kier alpha value is -4.23. The molecule has 5 unspecified atom stereocenters. The van der Waals surface area contributed by atoms with Crippen molar-refractivity contribution in [1.29, 1.82) is 0 Å². The van der Waals surface area contributed by atoms with E-state index in [2.05, 4.69) is 30.9 Å². The summed E-state index contributed by atoms with van der Waals surface area (Å²) in [4.78, 5) is 62.0. The summed E-state index contributed by atoms with van der Waals surface area (Å²) in [5.41, 5.74) is 13.9. The normalized spacial score (nSPS) is 14.9. The van der Waals surface area contributed by atoms with Gasteiger partial charge in [0.15, 0.2) is 0 Å². The second-order valence-electron chi connectivity index (χ2n) is 10.6. The van der Waals surface area contributed by atoms with Gasteiger partial charge < -0.3 is 42.5 Å². The first-order chi connectivity index (χ1) is 20.1. The first-order valence-corrected chi connectivity index (χ1v) is 14.3. The second kappa shape index (κ2) is 15.7. The average Bonchev–Trinajstić information content (AvgIpc) is 3.65. The summed E-state index contributed by atoms with van der Waals surface area (Å²) in [6, 6.07) is 3.30. The van der Waals surface area contributed by atoms with Crippen molar-refractivity contribution in [1.82, 2.24) is 30.9 Å². The first kappa shape index (κ1) is 32.3. The van der Waals surface area contributed by atoms with E-state index < -0.39 is 47.9 Å². The van der Waals surface area contributed by atoms with Crippen LogP contribution in [-0.4, -0.2) is 74.5 Å². The Balaban J connectivity index is 1.77. The first-order valence-electron chi connectivity index (χ1n) is 14.3. The Morgan fingerprint density at radius 2 is 1.64 bits per heavy atom. The molecule has 0 radical (unpaired) electrons. The summed E-state index contributed by atoms with van der Waals surface area (Å²) in [6.07, 6.45) is 6.88. The van der Waals surface area contributed by atoms with Crippen LogP contribution in [0.5, 0.6) is 0 Å². The average molecular weight is 583 g/mol. The van der Waals surface area contributed by atoms with E-state index in [1.165, 1.54) is 12.5 Å². The number of rotatable bonds is 17. The van der Waals surface area contributed by atoms with Gasteiger partial charge in [0.2, 0.25) is 17.7 Å². The van der Waals surface area contributed by atoms with E-state index in [-0.39, 0.29) is 25.2 Å². The number of nitrogens with two attached hydrogens (primary N) is 2. The van der Waals surface area contributed by atoms with Crippen LogP contribution in [0, 0.1) is 5.92 Å². The third-order valence-corrected chi connectivity index (χ3v) is 7.47. The number of nitrogens with one attached hydrogen (secondary N) is 5. The molecule has 0 saturated heterocycles. The van der Waals surface area contributed by atoms with E-state index in [4.69, 9.17) is 11.5 Å². The fraction of sp³-hybridized carbons (Fsp3) is 0.483. The molecule has 5 atom stereocenters. The van der Waals surface area contributed by atoms with Gasteiger partial charge in [0, 0.05) is 41.8 Å². The van der Waals surface area contributed by atoms with E-state index in [9.17, 15) is 24.3 Å². The van der Waals surface area contributed by atoms with Crippen LogP contribution in [0.1, 0.15) is 50.8 Å². The number of fused-ring (bicyclic) bond motifs is 1. The Morgan fingerprint density at radius 3 is 2.31 bits per heavy atom. The molecule has 0 spiro atoms. The van der Waals surface area contributed by atoms with Crippen molar-refractivity contribution in [2.75, 3.05) is 6.54 Å². The molecule has 0 aliphatic rings. The van der Waals surface area contributed by atoms with Gasteiger partial charge in [-0.15, -0.1) is 0 Å². The van der Waals surface area contributed by atoms with Crippen LogP contribution >= 0.6 is 0 Å². The molecule has 2 aromatic heterocycles. The molecule has 0 bridgehead atoms. The number of para-hydroxylation sites is 1. The molecule has 3 amide bonds. The molecule has 0 fully saturated rings. The monoisotopic (exact) mass is 582 g/mol. The van der Waals surface area contributed by atoms with Gasteiger partial charge in [-0.05, 0) is 43.4 Å². The third kappa shape index (κ3) is 8.88. The zero-order valence-corrected chi connectivity index (χ0v) is 24.1. The van der Waals surface area contributed by atoms with Crippen molar-refractivity contribution in [2.45, 2.75) is 76.5 Å². The number of aromatic nitrogens is 3. The molecule has 0 saturated carbocycles. The van der Waals surface area contributed by atoms with Crippen molar-refractivity contribution in [2.24, 2.45) is 17.4 Å². The third-order valence-electron chi connectivity index (χ3n) is 7.47. The van der Waals surface area contributed by atoms with Gasteiger partial charge in [0.05, 0.1) is 12.4 Å². The summed E-state index contributed by atoms with van der Waals surface area (Å²) in [7, 11) is 0. The number of H-pyrrole nitrogens is 2. The predicted octanol–water partition coefficient (Wildman–Crippen LogP) is 0.718. The number of benzene rings is 1. The van der Waals surface area contributed by atoms with Crippen molar-refractivity contribution < 1.29 is 24.3 Å². The number of carbonyl (C=O) groups excluding carboxylic acids is 3. The number of carboxylic acids is 1. The van der Waals surface area contributed by atoms with Crippen molar-refractivity contribution in [3.63, 3.8) is 0 Å². The molecule has 228 valence electrons. The van der Waals surface area contributed by atoms with Gasteiger partial charge in [0.1, 0.15) is 18.1 Å². The predicted molar refractivity (Wildman–Crippen MR) is 158 cm³/mol. The van der Waals surface area contributed by atoms with Gasteiger partial charge in [0.25, 0.3) is 0 Å². The number of hydrogen-bond acceptors (Lipinski definition) is 7. The lowest BCUT2D eigenvalue weighted by atomic mass is 9.98. The summed E-state index contributed by atoms with van der Waals surface area (Å²) in [6.45, 7) is 4.16. The second-order valence-corrected chi connectivity index (χ2v) is 10.6. The van der Waals surface area contributed by atoms with Crippen LogP contribution in [0.4, 0.5) is 0 Å². The van der Waals surface area contributed by atoms with E-state index in [0.29, 0.717) is 31.5 Å². The highest BCUT2D eigenvalue weighted by molar-refractivity contribution is 5.94. The molecular weight excluding hydrogens is 540 g/mol. The van der Waals surface area contributed by atoms with Gasteiger partial charge in [-0.2, -0.15) is 0 Å². The van der Waals surface area contributed by atoms with Crippen molar-refractivity contribution in [3.8, 4) is 0 Å². The van der Waals surface area contributed by atoms with Gasteiger partial charge >= 0.3 is 5.97 Å². The molecule has 42 heavy (non-hydrogen) atoms. The summed E-state index contributed by atoms with van der Waals surface area (Å²) in [5.74, 6) is -3.05. The quantitative estimate of drug-likeness (QED) is 0.106. The number of amides is 3. The van der Waals surface area contributed by atoms with E-state index >= 15 is 0 Å². The maximum Gasteiger partial charge on any atom is 0.326 e. The van der Waals surface area contributed by atoms with Crippen LogP contribution in [0.25, 0.3) is 10.9 Å². The Labute approximate surface area is 244 Å². The summed E-state index contributed by atoms with van der Waals surface area (Å²) >= 11 is 0. The highest BCUT2D eigenvalue weighted by atomic mass is 16.4. The van der Waals surface area contributed by atoms with Gasteiger partial charge in [-0.25, -0.2) is 9.78 Å². The zero-order valence-electron chi connectivity index (χ0n) is 24.1. The molecular formula is C29H42N8O5. The minimum absolute atomic E-state index is 0.0422. The number of imidazole rings is 1. The van der Waals surface area contributed by atoms with Crippen LogP contribution in [0.15, 0.2) is 43.0 Å². The fourth-order valence-corrected chi connectivity index (χ4v) is 4.63. The van der Waals surface area contributed by atoms with Gasteiger partial charge in [-0.3, -0.25) is 14.4 Å². The number of aromatic amines is 2. The minimum Gasteiger partial charge on any atom is -0.480 e. The van der Waals surface area contributed by atoms with E-state index in [1.807, 2.05) is 38.1 Å².